The predicted octanol–water partition coefficient (Wildman–Crippen LogP) is 3.47. The van der Waals surface area contributed by atoms with E-state index in [-0.39, 0.29) is 16.4 Å². The van der Waals surface area contributed by atoms with Gasteiger partial charge in [0.05, 0.1) is 21.8 Å². The number of benzene rings is 3. The number of nitrogens with one attached hydrogen (secondary N) is 1. The largest absolute Gasteiger partial charge is 0.345 e. The third-order valence-electron chi connectivity index (χ3n) is 4.71. The number of anilines is 2. The van der Waals surface area contributed by atoms with Gasteiger partial charge in [0.2, 0.25) is 0 Å². The normalized spacial score (nSPS) is 10.9. The van der Waals surface area contributed by atoms with Crippen LogP contribution in [0.2, 0.25) is 0 Å². The number of carbonyl (C=O) groups is 2. The zero-order valence-corrected chi connectivity index (χ0v) is 18.3. The average molecular weight is 438 g/mol. The Kier molecular flexibility index (Phi) is 6.41. The summed E-state index contributed by atoms with van der Waals surface area (Å²) in [6, 6.07) is 21.1. The van der Waals surface area contributed by atoms with Gasteiger partial charge in [0.15, 0.2) is 0 Å². The molecular weight excluding hydrogens is 414 g/mol. The summed E-state index contributed by atoms with van der Waals surface area (Å²) in [6.07, 6.45) is 0. The molecule has 31 heavy (non-hydrogen) atoms. The molecule has 0 bridgehead atoms. The minimum absolute atomic E-state index is 0.0681. The Hall–Kier alpha value is -3.65. The first-order valence-corrected chi connectivity index (χ1v) is 10.9. The monoisotopic (exact) mass is 437 g/mol. The van der Waals surface area contributed by atoms with Gasteiger partial charge in [0.25, 0.3) is 21.8 Å². The lowest BCUT2D eigenvalue weighted by molar-refractivity contribution is 0.0828. The molecule has 3 aromatic carbocycles. The Morgan fingerprint density at radius 2 is 1.35 bits per heavy atom. The fourth-order valence-corrected chi connectivity index (χ4v) is 4.12. The Labute approximate surface area is 182 Å². The van der Waals surface area contributed by atoms with E-state index < -0.39 is 15.9 Å². The van der Waals surface area contributed by atoms with Crippen LogP contribution in [0.5, 0.6) is 0 Å². The van der Waals surface area contributed by atoms with Crippen LogP contribution in [0.15, 0.2) is 83.8 Å². The van der Waals surface area contributed by atoms with Crippen molar-refractivity contribution >= 4 is 33.2 Å². The number of sulfonamides is 1. The molecule has 2 amide bonds. The van der Waals surface area contributed by atoms with Crippen LogP contribution < -0.4 is 9.62 Å². The van der Waals surface area contributed by atoms with Crippen molar-refractivity contribution in [2.24, 2.45) is 0 Å². The molecule has 0 heterocycles. The molecule has 0 aromatic heterocycles. The van der Waals surface area contributed by atoms with Crippen molar-refractivity contribution in [3.05, 3.63) is 90.0 Å². The second-order valence-electron chi connectivity index (χ2n) is 7.03. The number of para-hydroxylation sites is 2. The fourth-order valence-electron chi connectivity index (χ4n) is 2.93. The van der Waals surface area contributed by atoms with Gasteiger partial charge in [-0.25, -0.2) is 8.42 Å². The second-order valence-corrected chi connectivity index (χ2v) is 9.00. The molecule has 0 atom stereocenters. The minimum Gasteiger partial charge on any atom is -0.345 e. The maximum Gasteiger partial charge on any atom is 0.264 e. The number of nitrogens with zero attached hydrogens (tertiary/aromatic N) is 2. The first kappa shape index (κ1) is 22.0. The Morgan fingerprint density at radius 1 is 0.774 bits per heavy atom. The fraction of sp³-hybridized carbons (Fsp3) is 0.130. The van der Waals surface area contributed by atoms with Crippen LogP contribution in [-0.4, -0.2) is 46.3 Å². The Balaban J connectivity index is 1.81. The zero-order valence-electron chi connectivity index (χ0n) is 17.4. The van der Waals surface area contributed by atoms with Crippen LogP contribution in [0.4, 0.5) is 11.4 Å². The summed E-state index contributed by atoms with van der Waals surface area (Å²) < 4.78 is 26.9. The molecule has 160 valence electrons. The van der Waals surface area contributed by atoms with Crippen molar-refractivity contribution < 1.29 is 18.0 Å². The molecule has 1 N–H and O–H groups in total. The lowest BCUT2D eigenvalue weighted by Crippen LogP contribution is -2.26. The van der Waals surface area contributed by atoms with Gasteiger partial charge in [-0.15, -0.1) is 0 Å². The van der Waals surface area contributed by atoms with Crippen LogP contribution in [0.1, 0.15) is 20.7 Å². The predicted molar refractivity (Wildman–Crippen MR) is 121 cm³/mol. The summed E-state index contributed by atoms with van der Waals surface area (Å²) in [4.78, 5) is 26.5. The molecule has 7 nitrogen and oxygen atoms in total. The molecule has 0 saturated heterocycles. The molecule has 0 aliphatic carbocycles. The van der Waals surface area contributed by atoms with Crippen molar-refractivity contribution in [1.29, 1.82) is 0 Å². The van der Waals surface area contributed by atoms with Gasteiger partial charge in [-0.05, 0) is 48.5 Å². The summed E-state index contributed by atoms with van der Waals surface area (Å²) in [5, 5.41) is 2.72. The molecule has 0 aliphatic heterocycles. The van der Waals surface area contributed by atoms with Gasteiger partial charge in [0, 0.05) is 26.7 Å². The number of hydrogen-bond donors (Lipinski definition) is 1. The smallest absolute Gasteiger partial charge is 0.264 e. The van der Waals surface area contributed by atoms with Crippen molar-refractivity contribution in [2.75, 3.05) is 30.8 Å². The number of carbonyl (C=O) groups excluding carboxylic acids is 2. The first-order valence-electron chi connectivity index (χ1n) is 9.48. The van der Waals surface area contributed by atoms with Gasteiger partial charge < -0.3 is 10.2 Å². The highest BCUT2D eigenvalue weighted by Crippen LogP contribution is 2.23. The topological polar surface area (TPSA) is 86.8 Å². The summed E-state index contributed by atoms with van der Waals surface area (Å²) in [5.41, 5.74) is 1.55. The van der Waals surface area contributed by atoms with Crippen LogP contribution in [0.3, 0.4) is 0 Å². The van der Waals surface area contributed by atoms with Crippen molar-refractivity contribution in [2.45, 2.75) is 4.90 Å². The SMILES string of the molecule is CN(C)C(=O)c1ccccc1NC(=O)c1ccc(S(=O)(=O)N(C)c2ccccc2)cc1. The summed E-state index contributed by atoms with van der Waals surface area (Å²) >= 11 is 0. The van der Waals surface area contributed by atoms with E-state index in [1.54, 1.807) is 62.6 Å². The lowest BCUT2D eigenvalue weighted by Gasteiger charge is -2.19. The summed E-state index contributed by atoms with van der Waals surface area (Å²) in [5.74, 6) is -0.680. The second kappa shape index (κ2) is 9.01. The van der Waals surface area contributed by atoms with Crippen LogP contribution >= 0.6 is 0 Å². The minimum atomic E-state index is -3.77. The van der Waals surface area contributed by atoms with Gasteiger partial charge in [0.1, 0.15) is 0 Å². The van der Waals surface area contributed by atoms with E-state index in [1.807, 2.05) is 6.07 Å². The zero-order chi connectivity index (χ0) is 22.6. The summed E-state index contributed by atoms with van der Waals surface area (Å²) in [6.45, 7) is 0. The van der Waals surface area contributed by atoms with Crippen LogP contribution in [0, 0.1) is 0 Å². The molecule has 0 unspecified atom stereocenters. The van der Waals surface area contributed by atoms with E-state index in [1.165, 1.54) is 40.5 Å². The molecule has 0 saturated carbocycles. The van der Waals surface area contributed by atoms with Crippen molar-refractivity contribution in [1.82, 2.24) is 4.90 Å². The highest BCUT2D eigenvalue weighted by molar-refractivity contribution is 7.92. The first-order chi connectivity index (χ1) is 14.7. The number of hydrogen-bond acceptors (Lipinski definition) is 4. The Morgan fingerprint density at radius 3 is 1.97 bits per heavy atom. The van der Waals surface area contributed by atoms with Gasteiger partial charge in [-0.2, -0.15) is 0 Å². The van der Waals surface area contributed by atoms with E-state index in [0.29, 0.717) is 16.9 Å². The molecule has 3 aromatic rings. The van der Waals surface area contributed by atoms with E-state index in [9.17, 15) is 18.0 Å². The quantitative estimate of drug-likeness (QED) is 0.640. The number of amides is 2. The van der Waals surface area contributed by atoms with Gasteiger partial charge >= 0.3 is 0 Å². The third kappa shape index (κ3) is 4.75. The highest BCUT2D eigenvalue weighted by atomic mass is 32.2. The van der Waals surface area contributed by atoms with E-state index in [2.05, 4.69) is 5.32 Å². The van der Waals surface area contributed by atoms with Crippen molar-refractivity contribution in [3.63, 3.8) is 0 Å². The molecular formula is C23H23N3O4S. The standard InChI is InChI=1S/C23H23N3O4S/c1-25(2)23(28)20-11-7-8-12-21(20)24-22(27)17-13-15-19(16-14-17)31(29,30)26(3)18-9-5-4-6-10-18/h4-16H,1-3H3,(H,24,27). The van der Waals surface area contributed by atoms with E-state index in [0.717, 1.165) is 0 Å². The highest BCUT2D eigenvalue weighted by Gasteiger charge is 2.22. The molecule has 0 fully saturated rings. The van der Waals surface area contributed by atoms with E-state index in [4.69, 9.17) is 0 Å². The van der Waals surface area contributed by atoms with E-state index >= 15 is 0 Å². The molecule has 8 heteroatoms. The molecule has 3 rings (SSSR count). The summed E-state index contributed by atoms with van der Waals surface area (Å²) in [7, 11) is 0.970. The van der Waals surface area contributed by atoms with Gasteiger partial charge in [-0.3, -0.25) is 13.9 Å². The molecule has 0 spiro atoms. The number of rotatable bonds is 6. The Bertz CT molecular complexity index is 1190. The maximum absolute atomic E-state index is 12.9. The third-order valence-corrected chi connectivity index (χ3v) is 6.51. The maximum atomic E-state index is 12.9. The van der Waals surface area contributed by atoms with Crippen molar-refractivity contribution in [3.8, 4) is 0 Å². The molecule has 0 radical (unpaired) electrons. The van der Waals surface area contributed by atoms with Crippen LogP contribution in [0.25, 0.3) is 0 Å². The average Bonchev–Trinajstić information content (AvgIpc) is 2.79. The van der Waals surface area contributed by atoms with Gasteiger partial charge in [-0.1, -0.05) is 30.3 Å². The van der Waals surface area contributed by atoms with Crippen LogP contribution in [-0.2, 0) is 10.0 Å². The lowest BCUT2D eigenvalue weighted by atomic mass is 10.1. The molecule has 0 aliphatic rings.